The van der Waals surface area contributed by atoms with Crippen LogP contribution in [0.5, 0.6) is 0 Å². The monoisotopic (exact) mass is 220 g/mol. The van der Waals surface area contributed by atoms with E-state index in [9.17, 15) is 18.0 Å². The van der Waals surface area contributed by atoms with Crippen LogP contribution in [0.3, 0.4) is 0 Å². The number of halogens is 3. The molecule has 0 aliphatic rings. The Bertz CT molecular complexity index is 396. The van der Waals surface area contributed by atoms with Crippen LogP contribution in [0, 0.1) is 5.82 Å². The van der Waals surface area contributed by atoms with Crippen LogP contribution in [0.4, 0.5) is 19.0 Å². The molecule has 0 amide bonds. The molecule has 0 saturated heterocycles. The van der Waals surface area contributed by atoms with Crippen molar-refractivity contribution in [2.24, 2.45) is 0 Å². The number of nitrogen functional groups attached to an aromatic ring is 1. The molecule has 0 radical (unpaired) electrons. The van der Waals surface area contributed by atoms with Gasteiger partial charge in [0.1, 0.15) is 11.5 Å². The van der Waals surface area contributed by atoms with Gasteiger partial charge >= 0.3 is 5.97 Å². The Morgan fingerprint density at radius 1 is 1.60 bits per heavy atom. The molecule has 1 heterocycles. The van der Waals surface area contributed by atoms with Gasteiger partial charge < -0.3 is 10.8 Å². The first kappa shape index (κ1) is 11.3. The molecule has 0 aliphatic heterocycles. The van der Waals surface area contributed by atoms with Gasteiger partial charge in [0, 0.05) is 5.56 Å². The summed E-state index contributed by atoms with van der Waals surface area (Å²) in [5.41, 5.74) is 4.01. The van der Waals surface area contributed by atoms with Gasteiger partial charge in [0.05, 0.1) is 6.42 Å². The third-order valence-electron chi connectivity index (χ3n) is 1.66. The lowest BCUT2D eigenvalue weighted by Crippen LogP contribution is -2.08. The molecule has 0 atom stereocenters. The summed E-state index contributed by atoms with van der Waals surface area (Å²) in [6.45, 7) is 0. The van der Waals surface area contributed by atoms with Crippen molar-refractivity contribution in [3.8, 4) is 0 Å². The maximum atomic E-state index is 12.9. The number of carboxylic acid groups (broad SMARTS) is 1. The molecular weight excluding hydrogens is 213 g/mol. The topological polar surface area (TPSA) is 76.2 Å². The Morgan fingerprint density at radius 3 is 2.67 bits per heavy atom. The first-order valence-electron chi connectivity index (χ1n) is 3.86. The van der Waals surface area contributed by atoms with Crippen LogP contribution in [-0.2, 0) is 11.2 Å². The summed E-state index contributed by atoms with van der Waals surface area (Å²) in [5.74, 6) is -2.89. The molecule has 0 aliphatic carbocycles. The lowest BCUT2D eigenvalue weighted by Gasteiger charge is -2.06. The van der Waals surface area contributed by atoms with Gasteiger partial charge in [0.2, 0.25) is 0 Å². The van der Waals surface area contributed by atoms with Gasteiger partial charge in [-0.25, -0.2) is 18.2 Å². The van der Waals surface area contributed by atoms with Crippen LogP contribution >= 0.6 is 0 Å². The van der Waals surface area contributed by atoms with Crippen molar-refractivity contribution in [2.45, 2.75) is 12.8 Å². The number of anilines is 1. The van der Waals surface area contributed by atoms with E-state index >= 15 is 0 Å². The third-order valence-corrected chi connectivity index (χ3v) is 1.66. The van der Waals surface area contributed by atoms with Crippen molar-refractivity contribution in [3.05, 3.63) is 23.1 Å². The summed E-state index contributed by atoms with van der Waals surface area (Å²) >= 11 is 0. The number of hydrogen-bond acceptors (Lipinski definition) is 3. The molecule has 3 N–H and O–H groups in total. The minimum Gasteiger partial charge on any atom is -0.481 e. The maximum absolute atomic E-state index is 12.9. The molecular formula is C8H7F3N2O2. The Balaban J connectivity index is 3.13. The first-order valence-corrected chi connectivity index (χ1v) is 3.86. The number of alkyl halides is 2. The van der Waals surface area contributed by atoms with Crippen LogP contribution < -0.4 is 5.73 Å². The molecule has 0 saturated carbocycles. The smallest absolute Gasteiger partial charge is 0.307 e. The van der Waals surface area contributed by atoms with E-state index in [0.29, 0.717) is 6.07 Å². The number of aromatic nitrogens is 1. The molecule has 1 aromatic heterocycles. The molecule has 7 heteroatoms. The highest BCUT2D eigenvalue weighted by atomic mass is 19.3. The van der Waals surface area contributed by atoms with Crippen molar-refractivity contribution < 1.29 is 23.1 Å². The fraction of sp³-hybridized carbons (Fsp3) is 0.250. The average Bonchev–Trinajstić information content (AvgIpc) is 2.09. The molecule has 0 unspecified atom stereocenters. The predicted molar refractivity (Wildman–Crippen MR) is 44.9 cm³/mol. The second kappa shape index (κ2) is 4.16. The van der Waals surface area contributed by atoms with E-state index in [0.717, 1.165) is 0 Å². The largest absolute Gasteiger partial charge is 0.481 e. The zero-order valence-corrected chi connectivity index (χ0v) is 7.38. The van der Waals surface area contributed by atoms with Crippen LogP contribution in [0.1, 0.15) is 17.7 Å². The molecule has 82 valence electrons. The molecule has 0 bridgehead atoms. The lowest BCUT2D eigenvalue weighted by molar-refractivity contribution is -0.136. The van der Waals surface area contributed by atoms with E-state index in [4.69, 9.17) is 10.8 Å². The highest BCUT2D eigenvalue weighted by molar-refractivity contribution is 5.72. The van der Waals surface area contributed by atoms with Gasteiger partial charge in [0.15, 0.2) is 5.82 Å². The normalized spacial score (nSPS) is 10.7. The van der Waals surface area contributed by atoms with E-state index in [1.54, 1.807) is 0 Å². The summed E-state index contributed by atoms with van der Waals surface area (Å²) in [6.07, 6.45) is -3.63. The summed E-state index contributed by atoms with van der Waals surface area (Å²) in [6, 6.07) is 0.665. The molecule has 1 rings (SSSR count). The van der Waals surface area contributed by atoms with Crippen LogP contribution in [0.2, 0.25) is 0 Å². The second-order valence-electron chi connectivity index (χ2n) is 2.77. The van der Waals surface area contributed by atoms with Gasteiger partial charge in [-0.05, 0) is 6.07 Å². The summed E-state index contributed by atoms with van der Waals surface area (Å²) in [4.78, 5) is 13.4. The Hall–Kier alpha value is -1.79. The predicted octanol–water partition coefficient (Wildman–Crippen LogP) is 1.37. The molecule has 0 aromatic carbocycles. The number of pyridine rings is 1. The average molecular weight is 220 g/mol. The van der Waals surface area contributed by atoms with Gasteiger partial charge in [-0.15, -0.1) is 0 Å². The Labute approximate surface area is 82.5 Å². The third kappa shape index (κ3) is 2.58. The number of carbonyl (C=O) groups is 1. The summed E-state index contributed by atoms with van der Waals surface area (Å²) in [5, 5.41) is 8.41. The van der Waals surface area contributed by atoms with E-state index in [1.165, 1.54) is 0 Å². The quantitative estimate of drug-likeness (QED) is 0.806. The fourth-order valence-corrected chi connectivity index (χ4v) is 1.01. The number of rotatable bonds is 3. The van der Waals surface area contributed by atoms with Crippen molar-refractivity contribution in [3.63, 3.8) is 0 Å². The standard InChI is InChI=1S/C8H7F3N2O2/c9-4-1-3(2-5(14)15)8(12)13-6(4)7(10)11/h1,7H,2H2,(H2,12,13)(H,14,15). The maximum Gasteiger partial charge on any atom is 0.307 e. The minimum absolute atomic E-state index is 0.121. The lowest BCUT2D eigenvalue weighted by atomic mass is 10.1. The zero-order valence-electron chi connectivity index (χ0n) is 7.38. The van der Waals surface area contributed by atoms with Crippen LogP contribution in [-0.4, -0.2) is 16.1 Å². The van der Waals surface area contributed by atoms with Crippen molar-refractivity contribution in [1.29, 1.82) is 0 Å². The second-order valence-corrected chi connectivity index (χ2v) is 2.77. The van der Waals surface area contributed by atoms with Gasteiger partial charge in [0.25, 0.3) is 6.43 Å². The fourth-order valence-electron chi connectivity index (χ4n) is 1.01. The molecule has 4 nitrogen and oxygen atoms in total. The van der Waals surface area contributed by atoms with E-state index in [1.807, 2.05) is 0 Å². The summed E-state index contributed by atoms with van der Waals surface area (Å²) < 4.78 is 37.2. The molecule has 1 aromatic rings. The van der Waals surface area contributed by atoms with Crippen molar-refractivity contribution in [1.82, 2.24) is 4.98 Å². The zero-order chi connectivity index (χ0) is 11.6. The minimum atomic E-state index is -3.08. The molecule has 0 spiro atoms. The van der Waals surface area contributed by atoms with E-state index < -0.39 is 36.1 Å². The van der Waals surface area contributed by atoms with Gasteiger partial charge in [-0.1, -0.05) is 0 Å². The number of aliphatic carboxylic acids is 1. The number of hydrogen-bond donors (Lipinski definition) is 2. The van der Waals surface area contributed by atoms with Crippen LogP contribution in [0.15, 0.2) is 6.07 Å². The van der Waals surface area contributed by atoms with E-state index in [2.05, 4.69) is 4.98 Å². The highest BCUT2D eigenvalue weighted by Crippen LogP contribution is 2.23. The number of nitrogens with zero attached hydrogens (tertiary/aromatic N) is 1. The number of nitrogens with two attached hydrogens (primary N) is 1. The van der Waals surface area contributed by atoms with Gasteiger partial charge in [-0.2, -0.15) is 0 Å². The Kier molecular flexibility index (Phi) is 3.13. The van der Waals surface area contributed by atoms with Gasteiger partial charge in [-0.3, -0.25) is 4.79 Å². The Morgan fingerprint density at radius 2 is 2.20 bits per heavy atom. The first-order chi connectivity index (χ1) is 6.91. The molecule has 0 fully saturated rings. The van der Waals surface area contributed by atoms with Crippen molar-refractivity contribution in [2.75, 3.05) is 5.73 Å². The van der Waals surface area contributed by atoms with Crippen molar-refractivity contribution >= 4 is 11.8 Å². The van der Waals surface area contributed by atoms with Crippen LogP contribution in [0.25, 0.3) is 0 Å². The summed E-state index contributed by atoms with van der Waals surface area (Å²) in [7, 11) is 0. The number of carboxylic acids is 1. The highest BCUT2D eigenvalue weighted by Gasteiger charge is 2.18. The van der Waals surface area contributed by atoms with E-state index in [-0.39, 0.29) is 5.56 Å². The SMILES string of the molecule is Nc1nc(C(F)F)c(F)cc1CC(=O)O. The molecule has 15 heavy (non-hydrogen) atoms.